The SMILES string of the molecule is O=C([O-])c1cccc(Nc2cc(N3CCCCCC3)c3noc4c3c2C(=O)c2ccccc2-4)c1. The van der Waals surface area contributed by atoms with Gasteiger partial charge in [-0.1, -0.05) is 54.4 Å². The van der Waals surface area contributed by atoms with Crippen molar-refractivity contribution in [2.75, 3.05) is 23.3 Å². The molecule has 0 radical (unpaired) electrons. The molecule has 2 aliphatic rings. The van der Waals surface area contributed by atoms with Gasteiger partial charge in [0.2, 0.25) is 0 Å². The molecule has 2 heterocycles. The average Bonchev–Trinajstić information content (AvgIpc) is 3.11. The number of carbonyl (C=O) groups is 2. The van der Waals surface area contributed by atoms with E-state index < -0.39 is 5.97 Å². The van der Waals surface area contributed by atoms with Gasteiger partial charge in [0, 0.05) is 29.9 Å². The third-order valence-electron chi connectivity index (χ3n) is 6.70. The lowest BCUT2D eigenvalue weighted by molar-refractivity contribution is -0.255. The van der Waals surface area contributed by atoms with Gasteiger partial charge < -0.3 is 24.6 Å². The average molecular weight is 452 g/mol. The molecule has 0 unspecified atom stereocenters. The Morgan fingerprint density at radius 3 is 2.50 bits per heavy atom. The second-order valence-electron chi connectivity index (χ2n) is 8.82. The highest BCUT2D eigenvalue weighted by Crippen LogP contribution is 2.46. The first-order valence-corrected chi connectivity index (χ1v) is 11.6. The number of rotatable bonds is 4. The molecule has 0 atom stereocenters. The first-order valence-electron chi connectivity index (χ1n) is 11.6. The van der Waals surface area contributed by atoms with Crippen LogP contribution in [0, 0.1) is 0 Å². The summed E-state index contributed by atoms with van der Waals surface area (Å²) in [5.41, 5.74) is 4.61. The Balaban J connectivity index is 1.58. The van der Waals surface area contributed by atoms with Gasteiger partial charge in [0.15, 0.2) is 11.5 Å². The van der Waals surface area contributed by atoms with E-state index >= 15 is 0 Å². The van der Waals surface area contributed by atoms with E-state index in [9.17, 15) is 14.7 Å². The lowest BCUT2D eigenvalue weighted by atomic mass is 9.86. The lowest BCUT2D eigenvalue weighted by Gasteiger charge is -2.26. The molecule has 1 aliphatic carbocycles. The largest absolute Gasteiger partial charge is 0.545 e. The summed E-state index contributed by atoms with van der Waals surface area (Å²) in [5, 5.41) is 19.8. The molecule has 0 bridgehead atoms. The normalized spacial score (nSPS) is 15.2. The third kappa shape index (κ3) is 3.23. The van der Waals surface area contributed by atoms with E-state index in [0.29, 0.717) is 39.2 Å². The molecule has 1 saturated heterocycles. The fourth-order valence-electron chi connectivity index (χ4n) is 5.07. The van der Waals surface area contributed by atoms with Crippen LogP contribution in [0.3, 0.4) is 0 Å². The van der Waals surface area contributed by atoms with Crippen molar-refractivity contribution in [1.29, 1.82) is 0 Å². The van der Waals surface area contributed by atoms with Crippen molar-refractivity contribution in [3.63, 3.8) is 0 Å². The highest BCUT2D eigenvalue weighted by molar-refractivity contribution is 6.28. The number of aromatic carboxylic acids is 1. The summed E-state index contributed by atoms with van der Waals surface area (Å²) in [6, 6.07) is 15.7. The van der Waals surface area contributed by atoms with Crippen LogP contribution < -0.4 is 15.3 Å². The van der Waals surface area contributed by atoms with E-state index in [1.165, 1.54) is 25.0 Å². The maximum Gasteiger partial charge on any atom is 0.196 e. The van der Waals surface area contributed by atoms with Crippen LogP contribution in [0.25, 0.3) is 22.2 Å². The molecule has 4 aromatic rings. The fraction of sp³-hybridized carbons (Fsp3) is 0.222. The zero-order valence-electron chi connectivity index (χ0n) is 18.5. The third-order valence-corrected chi connectivity index (χ3v) is 6.70. The van der Waals surface area contributed by atoms with Gasteiger partial charge in [0.05, 0.1) is 28.3 Å². The van der Waals surface area contributed by atoms with Crippen LogP contribution in [0.5, 0.6) is 0 Å². The lowest BCUT2D eigenvalue weighted by Crippen LogP contribution is -2.25. The standard InChI is InChI=1S/C27H23N3O4/c31-25-18-10-3-4-11-19(18)26-23-22(25)20(28-17-9-7-8-16(14-17)27(32)33)15-21(24(23)29-34-26)30-12-5-1-2-6-13-30/h3-4,7-11,14-15,28H,1-2,5-6,12-13H2,(H,32,33)/p-1. The van der Waals surface area contributed by atoms with E-state index in [1.54, 1.807) is 18.2 Å². The minimum absolute atomic E-state index is 0.0646. The summed E-state index contributed by atoms with van der Waals surface area (Å²) in [4.78, 5) is 27.4. The van der Waals surface area contributed by atoms with Gasteiger partial charge in [-0.3, -0.25) is 4.79 Å². The van der Waals surface area contributed by atoms with E-state index in [0.717, 1.165) is 37.2 Å². The summed E-state index contributed by atoms with van der Waals surface area (Å²) in [6.07, 6.45) is 4.56. The number of hydrogen-bond donors (Lipinski definition) is 1. The van der Waals surface area contributed by atoms with Crippen molar-refractivity contribution in [2.45, 2.75) is 25.7 Å². The van der Waals surface area contributed by atoms with Crippen LogP contribution in [0.15, 0.2) is 59.1 Å². The molecule has 1 fully saturated rings. The maximum absolute atomic E-state index is 13.7. The monoisotopic (exact) mass is 452 g/mol. The summed E-state index contributed by atoms with van der Waals surface area (Å²) in [7, 11) is 0. The van der Waals surface area contributed by atoms with Crippen molar-refractivity contribution in [3.05, 3.63) is 71.3 Å². The number of carbonyl (C=O) groups excluding carboxylic acids is 2. The molecule has 3 aromatic carbocycles. The van der Waals surface area contributed by atoms with Crippen molar-refractivity contribution in [3.8, 4) is 11.3 Å². The molecular weight excluding hydrogens is 430 g/mol. The first-order chi connectivity index (χ1) is 16.6. The molecule has 1 aliphatic heterocycles. The van der Waals surface area contributed by atoms with E-state index in [2.05, 4.69) is 15.4 Å². The molecule has 6 rings (SSSR count). The fourth-order valence-corrected chi connectivity index (χ4v) is 5.07. The van der Waals surface area contributed by atoms with Gasteiger partial charge in [-0.15, -0.1) is 0 Å². The summed E-state index contributed by atoms with van der Waals surface area (Å²) in [6.45, 7) is 1.81. The predicted octanol–water partition coefficient (Wildman–Crippen LogP) is 4.53. The van der Waals surface area contributed by atoms with Crippen molar-refractivity contribution in [2.24, 2.45) is 0 Å². The molecule has 0 spiro atoms. The quantitative estimate of drug-likeness (QED) is 0.428. The smallest absolute Gasteiger partial charge is 0.196 e. The molecule has 7 nitrogen and oxygen atoms in total. The number of nitrogens with zero attached hydrogens (tertiary/aromatic N) is 2. The minimum Gasteiger partial charge on any atom is -0.545 e. The number of carboxylic acid groups (broad SMARTS) is 1. The molecule has 1 N–H and O–H groups in total. The Bertz CT molecular complexity index is 1450. The van der Waals surface area contributed by atoms with Crippen LogP contribution >= 0.6 is 0 Å². The van der Waals surface area contributed by atoms with E-state index in [-0.39, 0.29) is 11.3 Å². The second kappa shape index (κ2) is 8.02. The summed E-state index contributed by atoms with van der Waals surface area (Å²) >= 11 is 0. The molecule has 0 amide bonds. The van der Waals surface area contributed by atoms with Gasteiger partial charge >= 0.3 is 0 Å². The number of hydrogen-bond acceptors (Lipinski definition) is 7. The zero-order valence-corrected chi connectivity index (χ0v) is 18.5. The van der Waals surface area contributed by atoms with Gasteiger partial charge in [-0.2, -0.15) is 0 Å². The van der Waals surface area contributed by atoms with Crippen LogP contribution in [0.1, 0.15) is 52.0 Å². The van der Waals surface area contributed by atoms with Crippen LogP contribution in [-0.2, 0) is 0 Å². The van der Waals surface area contributed by atoms with Crippen LogP contribution in [-0.4, -0.2) is 30.0 Å². The molecular formula is C27H22N3O4-. The highest BCUT2D eigenvalue weighted by atomic mass is 16.5. The molecule has 0 saturated carbocycles. The molecule has 34 heavy (non-hydrogen) atoms. The van der Waals surface area contributed by atoms with E-state index in [1.807, 2.05) is 24.3 Å². The predicted molar refractivity (Wildman–Crippen MR) is 128 cm³/mol. The van der Waals surface area contributed by atoms with Crippen molar-refractivity contribution < 1.29 is 19.2 Å². The Labute approximate surface area is 196 Å². The number of nitrogens with one attached hydrogen (secondary N) is 1. The zero-order chi connectivity index (χ0) is 23.2. The van der Waals surface area contributed by atoms with Crippen molar-refractivity contribution in [1.82, 2.24) is 5.16 Å². The van der Waals surface area contributed by atoms with Gasteiger partial charge in [-0.25, -0.2) is 0 Å². The Morgan fingerprint density at radius 2 is 1.74 bits per heavy atom. The number of carboxylic acids is 1. The second-order valence-corrected chi connectivity index (χ2v) is 8.82. The Hall–Kier alpha value is -4.13. The topological polar surface area (TPSA) is 98.5 Å². The number of fused-ring (bicyclic) bond motifs is 2. The number of aromatic nitrogens is 1. The first kappa shape index (κ1) is 20.5. The van der Waals surface area contributed by atoms with Crippen molar-refractivity contribution >= 4 is 39.7 Å². The number of ketones is 1. The van der Waals surface area contributed by atoms with Crippen LogP contribution in [0.2, 0.25) is 0 Å². The number of anilines is 3. The maximum atomic E-state index is 13.7. The summed E-state index contributed by atoms with van der Waals surface area (Å²) in [5.74, 6) is -0.780. The highest BCUT2D eigenvalue weighted by Gasteiger charge is 2.33. The van der Waals surface area contributed by atoms with Gasteiger partial charge in [0.1, 0.15) is 5.52 Å². The van der Waals surface area contributed by atoms with Crippen LogP contribution in [0.4, 0.5) is 17.1 Å². The molecule has 1 aromatic heterocycles. The number of benzene rings is 3. The summed E-state index contributed by atoms with van der Waals surface area (Å²) < 4.78 is 5.85. The van der Waals surface area contributed by atoms with Gasteiger partial charge in [0.25, 0.3) is 0 Å². The van der Waals surface area contributed by atoms with E-state index in [4.69, 9.17) is 4.52 Å². The molecule has 170 valence electrons. The minimum atomic E-state index is -1.25. The Morgan fingerprint density at radius 1 is 0.971 bits per heavy atom. The Kier molecular flexibility index (Phi) is 4.83. The molecule has 7 heteroatoms. The van der Waals surface area contributed by atoms with Gasteiger partial charge in [-0.05, 0) is 36.6 Å².